The molecule has 0 unspecified atom stereocenters. The number of aromatic amines is 1. The first-order chi connectivity index (χ1) is 9.24. The normalized spacial score (nSPS) is 21.5. The van der Waals surface area contributed by atoms with Crippen molar-refractivity contribution in [1.82, 2.24) is 14.9 Å². The molecule has 0 saturated carbocycles. The number of hydrogen-bond acceptors (Lipinski definition) is 4. The number of fused-ring (bicyclic) bond motifs is 1. The van der Waals surface area contributed by atoms with Gasteiger partial charge in [0, 0.05) is 23.7 Å². The summed E-state index contributed by atoms with van der Waals surface area (Å²) in [5.74, 6) is 1.32. The third kappa shape index (κ3) is 2.66. The third-order valence-electron chi connectivity index (χ3n) is 4.34. The Bertz CT molecular complexity index is 503. The van der Waals surface area contributed by atoms with Crippen LogP contribution in [0.3, 0.4) is 0 Å². The first kappa shape index (κ1) is 12.7. The van der Waals surface area contributed by atoms with Gasteiger partial charge < -0.3 is 15.2 Å². The minimum Gasteiger partial charge on any atom is -0.370 e. The lowest BCUT2D eigenvalue weighted by molar-refractivity contribution is 0.252. The van der Waals surface area contributed by atoms with Crippen molar-refractivity contribution in [2.24, 2.45) is 0 Å². The van der Waals surface area contributed by atoms with E-state index in [9.17, 15) is 4.79 Å². The molecule has 0 bridgehead atoms. The Morgan fingerprint density at radius 1 is 1.26 bits per heavy atom. The number of nitrogens with one attached hydrogen (secondary N) is 2. The second kappa shape index (κ2) is 5.33. The first-order valence-electron chi connectivity index (χ1n) is 7.29. The van der Waals surface area contributed by atoms with Gasteiger partial charge in [0.15, 0.2) is 0 Å². The molecule has 2 aliphatic heterocycles. The number of aromatic nitrogens is 2. The predicted molar refractivity (Wildman–Crippen MR) is 75.8 cm³/mol. The van der Waals surface area contributed by atoms with Gasteiger partial charge in [0.25, 0.3) is 0 Å². The molecule has 5 nitrogen and oxygen atoms in total. The molecule has 1 aromatic heterocycles. The highest BCUT2D eigenvalue weighted by Gasteiger charge is 2.24. The van der Waals surface area contributed by atoms with Crippen LogP contribution >= 0.6 is 0 Å². The highest BCUT2D eigenvalue weighted by atomic mass is 16.1. The smallest absolute Gasteiger partial charge is 0.347 e. The van der Waals surface area contributed by atoms with E-state index in [1.54, 1.807) is 0 Å². The Labute approximate surface area is 113 Å². The van der Waals surface area contributed by atoms with Crippen LogP contribution in [0.2, 0.25) is 0 Å². The molecule has 1 saturated heterocycles. The van der Waals surface area contributed by atoms with Gasteiger partial charge in [-0.25, -0.2) is 4.79 Å². The second-order valence-electron chi connectivity index (χ2n) is 5.74. The molecule has 0 atom stereocenters. The summed E-state index contributed by atoms with van der Waals surface area (Å²) in [7, 11) is 2.16. The summed E-state index contributed by atoms with van der Waals surface area (Å²) in [6.07, 6.45) is 5.62. The molecule has 0 spiro atoms. The van der Waals surface area contributed by atoms with Crippen molar-refractivity contribution in [3.63, 3.8) is 0 Å². The summed E-state index contributed by atoms with van der Waals surface area (Å²) in [6, 6.07) is 0. The van der Waals surface area contributed by atoms with E-state index in [-0.39, 0.29) is 5.69 Å². The summed E-state index contributed by atoms with van der Waals surface area (Å²) in [5.41, 5.74) is 2.20. The number of H-pyrrole nitrogens is 1. The standard InChI is InChI=1S/C14H22N4O/c1-18-8-5-10(6-9-18)12-11-4-2-3-7-15-13(11)17-14(19)16-12/h10H,2-9H2,1H3,(H2,15,16,17,19). The number of likely N-dealkylation sites (tertiary alicyclic amines) is 1. The highest BCUT2D eigenvalue weighted by Crippen LogP contribution is 2.31. The molecule has 0 aromatic carbocycles. The van der Waals surface area contributed by atoms with Crippen molar-refractivity contribution in [3.8, 4) is 0 Å². The van der Waals surface area contributed by atoms with E-state index >= 15 is 0 Å². The molecule has 0 amide bonds. The van der Waals surface area contributed by atoms with Crippen LogP contribution in [0.1, 0.15) is 42.9 Å². The molecule has 19 heavy (non-hydrogen) atoms. The number of anilines is 1. The third-order valence-corrected chi connectivity index (χ3v) is 4.34. The van der Waals surface area contributed by atoms with Gasteiger partial charge in [-0.15, -0.1) is 0 Å². The summed E-state index contributed by atoms with van der Waals surface area (Å²) >= 11 is 0. The van der Waals surface area contributed by atoms with E-state index in [2.05, 4.69) is 27.2 Å². The van der Waals surface area contributed by atoms with Crippen LogP contribution in [-0.2, 0) is 6.42 Å². The Morgan fingerprint density at radius 2 is 2.05 bits per heavy atom. The van der Waals surface area contributed by atoms with Gasteiger partial charge in [0.05, 0.1) is 0 Å². The average Bonchev–Trinajstić information content (AvgIpc) is 2.64. The van der Waals surface area contributed by atoms with E-state index in [0.29, 0.717) is 5.92 Å². The monoisotopic (exact) mass is 262 g/mol. The summed E-state index contributed by atoms with van der Waals surface area (Å²) in [4.78, 5) is 21.3. The maximum absolute atomic E-state index is 11.8. The lowest BCUT2D eigenvalue weighted by atomic mass is 9.89. The Kier molecular flexibility index (Phi) is 3.55. The van der Waals surface area contributed by atoms with Crippen LogP contribution < -0.4 is 11.0 Å². The molecule has 1 fully saturated rings. The maximum Gasteiger partial charge on any atom is 0.347 e. The van der Waals surface area contributed by atoms with Crippen LogP contribution in [-0.4, -0.2) is 41.5 Å². The molecule has 2 aliphatic rings. The van der Waals surface area contributed by atoms with E-state index < -0.39 is 0 Å². The Hall–Kier alpha value is -1.36. The molecular weight excluding hydrogens is 240 g/mol. The molecule has 104 valence electrons. The number of hydrogen-bond donors (Lipinski definition) is 2. The minimum absolute atomic E-state index is 0.206. The van der Waals surface area contributed by atoms with E-state index in [4.69, 9.17) is 0 Å². The van der Waals surface area contributed by atoms with Crippen molar-refractivity contribution in [2.45, 2.75) is 38.0 Å². The zero-order valence-electron chi connectivity index (χ0n) is 11.5. The Morgan fingerprint density at radius 3 is 2.84 bits per heavy atom. The fourth-order valence-electron chi connectivity index (χ4n) is 3.19. The summed E-state index contributed by atoms with van der Waals surface area (Å²) in [6.45, 7) is 3.14. The number of piperidine rings is 1. The van der Waals surface area contributed by atoms with Gasteiger partial charge in [-0.1, -0.05) is 0 Å². The zero-order valence-corrected chi connectivity index (χ0v) is 11.5. The van der Waals surface area contributed by atoms with Crippen LogP contribution in [0.5, 0.6) is 0 Å². The number of rotatable bonds is 1. The van der Waals surface area contributed by atoms with Gasteiger partial charge in [-0.2, -0.15) is 4.98 Å². The van der Waals surface area contributed by atoms with E-state index in [1.807, 2.05) is 0 Å². The topological polar surface area (TPSA) is 61.0 Å². The van der Waals surface area contributed by atoms with Crippen molar-refractivity contribution in [3.05, 3.63) is 21.7 Å². The minimum atomic E-state index is -0.206. The van der Waals surface area contributed by atoms with Crippen molar-refractivity contribution >= 4 is 5.82 Å². The van der Waals surface area contributed by atoms with E-state index in [1.165, 1.54) is 12.0 Å². The summed E-state index contributed by atoms with van der Waals surface area (Å²) in [5, 5.41) is 3.31. The van der Waals surface area contributed by atoms with Gasteiger partial charge in [0.1, 0.15) is 5.82 Å². The molecule has 0 radical (unpaired) electrons. The quantitative estimate of drug-likeness (QED) is 0.801. The maximum atomic E-state index is 11.8. The molecule has 3 heterocycles. The van der Waals surface area contributed by atoms with Gasteiger partial charge in [-0.3, -0.25) is 0 Å². The van der Waals surface area contributed by atoms with Crippen molar-refractivity contribution in [2.75, 3.05) is 32.0 Å². The molecular formula is C14H22N4O. The van der Waals surface area contributed by atoms with Crippen LogP contribution in [0, 0.1) is 0 Å². The highest BCUT2D eigenvalue weighted by molar-refractivity contribution is 5.47. The SMILES string of the molecule is CN1CCC(c2[nH]c(=O)nc3c2CCCCN3)CC1. The van der Waals surface area contributed by atoms with Gasteiger partial charge in [0.2, 0.25) is 0 Å². The zero-order chi connectivity index (χ0) is 13.2. The summed E-state index contributed by atoms with van der Waals surface area (Å²) < 4.78 is 0. The Balaban J connectivity index is 1.96. The fourth-order valence-corrected chi connectivity index (χ4v) is 3.19. The van der Waals surface area contributed by atoms with Crippen molar-refractivity contribution < 1.29 is 0 Å². The van der Waals surface area contributed by atoms with Crippen LogP contribution in [0.25, 0.3) is 0 Å². The van der Waals surface area contributed by atoms with Crippen LogP contribution in [0.15, 0.2) is 4.79 Å². The van der Waals surface area contributed by atoms with Crippen molar-refractivity contribution in [1.29, 1.82) is 0 Å². The number of nitrogens with zero attached hydrogens (tertiary/aromatic N) is 2. The largest absolute Gasteiger partial charge is 0.370 e. The molecule has 5 heteroatoms. The lowest BCUT2D eigenvalue weighted by Gasteiger charge is -2.30. The van der Waals surface area contributed by atoms with Gasteiger partial charge >= 0.3 is 5.69 Å². The molecule has 0 aliphatic carbocycles. The van der Waals surface area contributed by atoms with Crippen LogP contribution in [0.4, 0.5) is 5.82 Å². The molecule has 1 aromatic rings. The average molecular weight is 262 g/mol. The van der Waals surface area contributed by atoms with E-state index in [0.717, 1.165) is 56.8 Å². The first-order valence-corrected chi connectivity index (χ1v) is 7.29. The molecule has 3 rings (SSSR count). The van der Waals surface area contributed by atoms with Gasteiger partial charge in [-0.05, 0) is 52.2 Å². The lowest BCUT2D eigenvalue weighted by Crippen LogP contribution is -2.31. The second-order valence-corrected chi connectivity index (χ2v) is 5.74. The predicted octanol–water partition coefficient (Wildman–Crippen LogP) is 1.33. The molecule has 2 N–H and O–H groups in total. The fraction of sp³-hybridized carbons (Fsp3) is 0.714.